The maximum atomic E-state index is 12.9. The molecule has 0 saturated carbocycles. The number of carbonyl (C=O) groups is 1. The van der Waals surface area contributed by atoms with Crippen LogP contribution in [-0.4, -0.2) is 5.78 Å². The summed E-state index contributed by atoms with van der Waals surface area (Å²) in [4.78, 5) is 12.9. The van der Waals surface area contributed by atoms with Crippen LogP contribution in [0, 0.1) is 5.41 Å². The van der Waals surface area contributed by atoms with Crippen LogP contribution in [0.2, 0.25) is 0 Å². The highest BCUT2D eigenvalue weighted by molar-refractivity contribution is 6.19. The first-order valence-electron chi connectivity index (χ1n) is 7.39. The average molecular weight is 276 g/mol. The van der Waals surface area contributed by atoms with Crippen molar-refractivity contribution in [1.82, 2.24) is 0 Å². The predicted molar refractivity (Wildman–Crippen MR) is 89.9 cm³/mol. The molecule has 0 atom stereocenters. The van der Waals surface area contributed by atoms with Crippen LogP contribution >= 0.6 is 0 Å². The fourth-order valence-electron chi connectivity index (χ4n) is 2.88. The third-order valence-corrected chi connectivity index (χ3v) is 3.74. The molecule has 0 aliphatic heterocycles. The second-order valence-electron chi connectivity index (χ2n) is 6.85. The Hall–Kier alpha value is -2.15. The van der Waals surface area contributed by atoms with Gasteiger partial charge >= 0.3 is 0 Å². The first kappa shape index (κ1) is 13.8. The van der Waals surface area contributed by atoms with Crippen LogP contribution in [0.4, 0.5) is 0 Å². The number of Topliss-reactive ketones (excluding diaryl/α,β-unsaturated/α-hetero) is 1. The van der Waals surface area contributed by atoms with Crippen molar-refractivity contribution in [3.05, 3.63) is 60.2 Å². The Kier molecular flexibility index (Phi) is 3.29. The van der Waals surface area contributed by atoms with E-state index >= 15 is 0 Å². The van der Waals surface area contributed by atoms with Gasteiger partial charge in [0.25, 0.3) is 0 Å². The Morgan fingerprint density at radius 2 is 1.33 bits per heavy atom. The number of benzene rings is 3. The topological polar surface area (TPSA) is 17.1 Å². The predicted octanol–water partition coefficient (Wildman–Crippen LogP) is 5.61. The molecule has 0 aliphatic rings. The maximum Gasteiger partial charge on any atom is 0.164 e. The van der Waals surface area contributed by atoms with Crippen LogP contribution in [0.25, 0.3) is 21.5 Å². The largest absolute Gasteiger partial charge is 0.294 e. The van der Waals surface area contributed by atoms with Crippen molar-refractivity contribution in [2.45, 2.75) is 27.2 Å². The Morgan fingerprint density at radius 1 is 0.857 bits per heavy atom. The van der Waals surface area contributed by atoms with Crippen molar-refractivity contribution >= 4 is 27.3 Å². The highest BCUT2D eigenvalue weighted by Crippen LogP contribution is 2.31. The average Bonchev–Trinajstić information content (AvgIpc) is 2.42. The van der Waals surface area contributed by atoms with E-state index in [4.69, 9.17) is 0 Å². The minimum absolute atomic E-state index is 0.00483. The summed E-state index contributed by atoms with van der Waals surface area (Å²) in [6, 6.07) is 18.5. The molecule has 0 bridgehead atoms. The van der Waals surface area contributed by atoms with Crippen LogP contribution in [0.3, 0.4) is 0 Å². The zero-order chi connectivity index (χ0) is 15.0. The van der Waals surface area contributed by atoms with Crippen LogP contribution in [0.1, 0.15) is 37.6 Å². The number of hydrogen-bond donors (Lipinski definition) is 0. The lowest BCUT2D eigenvalue weighted by molar-refractivity contribution is 0.0943. The number of fused-ring (bicyclic) bond motifs is 2. The molecule has 0 amide bonds. The molecule has 0 aromatic heterocycles. The van der Waals surface area contributed by atoms with Crippen molar-refractivity contribution in [1.29, 1.82) is 0 Å². The van der Waals surface area contributed by atoms with Gasteiger partial charge in [0.1, 0.15) is 0 Å². The number of rotatable bonds is 2. The van der Waals surface area contributed by atoms with Crippen molar-refractivity contribution < 1.29 is 4.79 Å². The Morgan fingerprint density at radius 3 is 1.81 bits per heavy atom. The van der Waals surface area contributed by atoms with E-state index in [-0.39, 0.29) is 11.2 Å². The van der Waals surface area contributed by atoms with Gasteiger partial charge in [-0.3, -0.25) is 4.79 Å². The third kappa shape index (κ3) is 2.69. The van der Waals surface area contributed by atoms with E-state index in [1.54, 1.807) is 0 Å². The highest BCUT2D eigenvalue weighted by Gasteiger charge is 2.21. The summed E-state index contributed by atoms with van der Waals surface area (Å²) in [5.41, 5.74) is 0.869. The lowest BCUT2D eigenvalue weighted by Gasteiger charge is -2.18. The monoisotopic (exact) mass is 276 g/mol. The zero-order valence-electron chi connectivity index (χ0n) is 12.8. The van der Waals surface area contributed by atoms with Crippen LogP contribution < -0.4 is 0 Å². The second-order valence-corrected chi connectivity index (χ2v) is 6.85. The van der Waals surface area contributed by atoms with Gasteiger partial charge in [0.05, 0.1) is 0 Å². The highest BCUT2D eigenvalue weighted by atomic mass is 16.1. The van der Waals surface area contributed by atoms with Gasteiger partial charge < -0.3 is 0 Å². The summed E-state index contributed by atoms with van der Waals surface area (Å²) in [7, 11) is 0. The van der Waals surface area contributed by atoms with Gasteiger partial charge in [0.15, 0.2) is 5.78 Å². The van der Waals surface area contributed by atoms with E-state index in [1.165, 1.54) is 0 Å². The zero-order valence-corrected chi connectivity index (χ0v) is 12.8. The van der Waals surface area contributed by atoms with E-state index in [9.17, 15) is 4.79 Å². The van der Waals surface area contributed by atoms with E-state index in [1.807, 2.05) is 24.3 Å². The quantitative estimate of drug-likeness (QED) is 0.439. The summed E-state index contributed by atoms with van der Waals surface area (Å²) in [6.45, 7) is 6.33. The van der Waals surface area contributed by atoms with Crippen molar-refractivity contribution in [2.24, 2.45) is 5.41 Å². The number of hydrogen-bond acceptors (Lipinski definition) is 1. The molecule has 0 saturated heterocycles. The van der Waals surface area contributed by atoms with E-state index in [0.29, 0.717) is 6.42 Å². The van der Waals surface area contributed by atoms with Gasteiger partial charge in [-0.25, -0.2) is 0 Å². The molecule has 21 heavy (non-hydrogen) atoms. The SMILES string of the molecule is CC(C)(C)CC(=O)c1c2ccccc2cc2ccccc12. The second kappa shape index (κ2) is 5.00. The smallest absolute Gasteiger partial charge is 0.164 e. The van der Waals surface area contributed by atoms with Gasteiger partial charge in [-0.15, -0.1) is 0 Å². The Balaban J connectivity index is 2.32. The molecule has 0 fully saturated rings. The fraction of sp³-hybridized carbons (Fsp3) is 0.250. The first-order valence-corrected chi connectivity index (χ1v) is 7.39. The standard InChI is InChI=1S/C20H20O/c1-20(2,3)13-18(21)19-16-10-6-4-8-14(16)12-15-9-5-7-11-17(15)19/h4-12H,13H2,1-3H3. The van der Waals surface area contributed by atoms with Gasteiger partial charge in [-0.05, 0) is 33.0 Å². The molecule has 0 aliphatic carbocycles. The lowest BCUT2D eigenvalue weighted by atomic mass is 9.85. The summed E-state index contributed by atoms with van der Waals surface area (Å²) in [5, 5.41) is 4.39. The lowest BCUT2D eigenvalue weighted by Crippen LogP contribution is -2.13. The van der Waals surface area contributed by atoms with Crippen LogP contribution in [0.5, 0.6) is 0 Å². The van der Waals surface area contributed by atoms with E-state index < -0.39 is 0 Å². The minimum Gasteiger partial charge on any atom is -0.294 e. The van der Waals surface area contributed by atoms with Crippen LogP contribution in [0.15, 0.2) is 54.6 Å². The number of ketones is 1. The summed E-state index contributed by atoms with van der Waals surface area (Å²) < 4.78 is 0. The fourth-order valence-corrected chi connectivity index (χ4v) is 2.88. The molecule has 0 radical (unpaired) electrons. The molecule has 1 nitrogen and oxygen atoms in total. The molecular formula is C20H20O. The normalized spacial score (nSPS) is 12.0. The molecule has 3 aromatic carbocycles. The molecule has 3 aromatic rings. The van der Waals surface area contributed by atoms with Crippen LogP contribution in [-0.2, 0) is 0 Å². The minimum atomic E-state index is -0.00483. The summed E-state index contributed by atoms with van der Waals surface area (Å²) in [6.07, 6.45) is 0.561. The Labute approximate surface area is 125 Å². The van der Waals surface area contributed by atoms with Crippen molar-refractivity contribution in [3.8, 4) is 0 Å². The molecule has 0 spiro atoms. The molecule has 1 heteroatoms. The van der Waals surface area contributed by atoms with E-state index in [2.05, 4.69) is 51.1 Å². The Bertz CT molecular complexity index is 768. The van der Waals surface area contributed by atoms with Gasteiger partial charge in [0.2, 0.25) is 0 Å². The molecule has 0 unspecified atom stereocenters. The molecule has 106 valence electrons. The maximum absolute atomic E-state index is 12.9. The van der Waals surface area contributed by atoms with Crippen molar-refractivity contribution in [3.63, 3.8) is 0 Å². The first-order chi connectivity index (χ1) is 9.96. The van der Waals surface area contributed by atoms with Gasteiger partial charge in [0, 0.05) is 12.0 Å². The summed E-state index contributed by atoms with van der Waals surface area (Å²) in [5.74, 6) is 0.232. The number of carbonyl (C=O) groups excluding carboxylic acids is 1. The molecular weight excluding hydrogens is 256 g/mol. The van der Waals surface area contributed by atoms with E-state index in [0.717, 1.165) is 27.1 Å². The van der Waals surface area contributed by atoms with Crippen molar-refractivity contribution in [2.75, 3.05) is 0 Å². The molecule has 0 N–H and O–H groups in total. The van der Waals surface area contributed by atoms with Gasteiger partial charge in [-0.2, -0.15) is 0 Å². The third-order valence-electron chi connectivity index (χ3n) is 3.74. The van der Waals surface area contributed by atoms with Gasteiger partial charge in [-0.1, -0.05) is 69.3 Å². The molecule has 0 heterocycles. The summed E-state index contributed by atoms with van der Waals surface area (Å²) >= 11 is 0. The molecule has 3 rings (SSSR count).